The first-order valence-corrected chi connectivity index (χ1v) is 2.61. The Hall–Kier alpha value is 0.297. The Labute approximate surface area is 63.0 Å². The average molecular weight is 106 g/mol. The summed E-state index contributed by atoms with van der Waals surface area (Å²) in [6.07, 6.45) is 4.64. The Morgan fingerprint density at radius 1 is 1.38 bits per heavy atom. The molecule has 0 aromatic heterocycles. The van der Waals surface area contributed by atoms with Gasteiger partial charge in [-0.15, -0.1) is 13.2 Å². The monoisotopic (exact) mass is 106 g/mol. The fourth-order valence-corrected chi connectivity index (χ4v) is 0.391. The van der Waals surface area contributed by atoms with Gasteiger partial charge in [-0.1, -0.05) is 18.9 Å². The van der Waals surface area contributed by atoms with Gasteiger partial charge in [0.05, 0.1) is 0 Å². The van der Waals surface area contributed by atoms with E-state index in [0.29, 0.717) is 0 Å². The second-order valence-corrected chi connectivity index (χ2v) is 1.49. The molecule has 0 aromatic rings. The van der Waals surface area contributed by atoms with Crippen LogP contribution >= 0.6 is 0 Å². The van der Waals surface area contributed by atoms with Crippen LogP contribution in [0.15, 0.2) is 12.7 Å². The molecule has 0 heterocycles. The van der Waals surface area contributed by atoms with Crippen molar-refractivity contribution < 1.29 is 24.0 Å². The quantitative estimate of drug-likeness (QED) is 0.225. The smallest absolute Gasteiger partial charge is 0.854 e. The molecule has 42 valence electrons. The number of unbranched alkanes of at least 4 members (excludes halogenated alkanes) is 2. The zero-order valence-corrected chi connectivity index (χ0v) is 5.52. The molecular weight excluding hydrogens is 95.0 g/mol. The molecule has 0 amide bonds. The van der Waals surface area contributed by atoms with Crippen LogP contribution < -0.4 is 24.0 Å². The van der Waals surface area contributed by atoms with E-state index in [1.54, 1.807) is 0 Å². The number of rotatable bonds is 4. The number of allylic oxidation sites excluding steroid dienone is 1. The van der Waals surface area contributed by atoms with Crippen LogP contribution in [0.4, 0.5) is 0 Å². The van der Waals surface area contributed by atoms with Crippen molar-refractivity contribution in [3.05, 3.63) is 12.7 Å². The van der Waals surface area contributed by atoms with Crippen LogP contribution in [0.25, 0.3) is 0 Å². The topological polar surface area (TPSA) is 23.1 Å². The Balaban J connectivity index is 0. The van der Waals surface area contributed by atoms with E-state index < -0.39 is 0 Å². The molecule has 0 N–H and O–H groups in total. The summed E-state index contributed by atoms with van der Waals surface area (Å²) >= 11 is 0. The maximum absolute atomic E-state index is 9.77. The van der Waals surface area contributed by atoms with E-state index in [-0.39, 0.29) is 25.5 Å². The third-order valence-corrected chi connectivity index (χ3v) is 0.803. The second-order valence-electron chi connectivity index (χ2n) is 1.49. The third kappa shape index (κ3) is 9.57. The van der Waals surface area contributed by atoms with Crippen molar-refractivity contribution in [3.8, 4) is 0 Å². The van der Waals surface area contributed by atoms with Crippen molar-refractivity contribution in [2.24, 2.45) is 0 Å². The van der Waals surface area contributed by atoms with Gasteiger partial charge in [-0.2, -0.15) is 0 Å². The Morgan fingerprint density at radius 3 is 2.38 bits per heavy atom. The number of hydrogen-bond acceptors (Lipinski definition) is 1. The molecule has 0 aliphatic carbocycles. The van der Waals surface area contributed by atoms with Gasteiger partial charge in [-0.25, -0.2) is 0 Å². The van der Waals surface area contributed by atoms with E-state index in [1.807, 2.05) is 6.08 Å². The Morgan fingerprint density at radius 2 is 2.00 bits per heavy atom. The SMILES string of the molecule is C=CCCCC[O-].[Li+]. The fourth-order valence-electron chi connectivity index (χ4n) is 0.391. The maximum Gasteiger partial charge on any atom is 1.00 e. The largest absolute Gasteiger partial charge is 1.00 e. The van der Waals surface area contributed by atoms with Crippen LogP contribution in [0, 0.1) is 0 Å². The molecule has 8 heavy (non-hydrogen) atoms. The molecule has 0 saturated carbocycles. The fraction of sp³-hybridized carbons (Fsp3) is 0.667. The van der Waals surface area contributed by atoms with Crippen molar-refractivity contribution in [2.75, 3.05) is 6.61 Å². The van der Waals surface area contributed by atoms with E-state index >= 15 is 0 Å². The average Bonchev–Trinajstić information content (AvgIpc) is 1.69. The molecule has 2 heteroatoms. The normalized spacial score (nSPS) is 7.62. The summed E-state index contributed by atoms with van der Waals surface area (Å²) in [5.41, 5.74) is 0. The minimum atomic E-state index is 0. The summed E-state index contributed by atoms with van der Waals surface area (Å²) in [7, 11) is 0. The van der Waals surface area contributed by atoms with Crippen LogP contribution in [0.2, 0.25) is 0 Å². The van der Waals surface area contributed by atoms with Crippen LogP contribution in [0.1, 0.15) is 19.3 Å². The molecule has 0 fully saturated rings. The third-order valence-electron chi connectivity index (χ3n) is 0.803. The minimum Gasteiger partial charge on any atom is -0.854 e. The van der Waals surface area contributed by atoms with Gasteiger partial charge in [-0.3, -0.25) is 0 Å². The van der Waals surface area contributed by atoms with Crippen LogP contribution in [-0.2, 0) is 0 Å². The molecule has 0 rings (SSSR count). The molecule has 0 unspecified atom stereocenters. The van der Waals surface area contributed by atoms with Crippen LogP contribution in [-0.4, -0.2) is 6.61 Å². The van der Waals surface area contributed by atoms with Crippen molar-refractivity contribution in [1.82, 2.24) is 0 Å². The van der Waals surface area contributed by atoms with Gasteiger partial charge >= 0.3 is 18.9 Å². The Bertz CT molecular complexity index is 45.8. The van der Waals surface area contributed by atoms with Gasteiger partial charge < -0.3 is 5.11 Å². The zero-order valence-electron chi connectivity index (χ0n) is 5.52. The van der Waals surface area contributed by atoms with Gasteiger partial charge in [0.2, 0.25) is 0 Å². The van der Waals surface area contributed by atoms with E-state index in [2.05, 4.69) is 6.58 Å². The zero-order chi connectivity index (χ0) is 5.54. The van der Waals surface area contributed by atoms with Gasteiger partial charge in [0, 0.05) is 0 Å². The van der Waals surface area contributed by atoms with Crippen LogP contribution in [0.3, 0.4) is 0 Å². The molecule has 0 spiro atoms. The minimum absolute atomic E-state index is 0. The van der Waals surface area contributed by atoms with Gasteiger partial charge in [0.1, 0.15) is 0 Å². The van der Waals surface area contributed by atoms with Crippen molar-refractivity contribution in [3.63, 3.8) is 0 Å². The predicted molar refractivity (Wildman–Crippen MR) is 28.9 cm³/mol. The molecule has 0 bridgehead atoms. The maximum atomic E-state index is 9.77. The molecule has 1 nitrogen and oxygen atoms in total. The summed E-state index contributed by atoms with van der Waals surface area (Å²) < 4.78 is 0. The summed E-state index contributed by atoms with van der Waals surface area (Å²) in [6.45, 7) is 3.59. The van der Waals surface area contributed by atoms with E-state index in [0.717, 1.165) is 19.3 Å². The van der Waals surface area contributed by atoms with E-state index in [4.69, 9.17) is 0 Å². The second kappa shape index (κ2) is 10.3. The molecular formula is C6H11LiO. The molecule has 0 saturated heterocycles. The summed E-state index contributed by atoms with van der Waals surface area (Å²) in [5, 5.41) is 9.77. The van der Waals surface area contributed by atoms with E-state index in [9.17, 15) is 5.11 Å². The van der Waals surface area contributed by atoms with E-state index in [1.165, 1.54) is 0 Å². The van der Waals surface area contributed by atoms with Crippen molar-refractivity contribution in [1.29, 1.82) is 0 Å². The summed E-state index contributed by atoms with van der Waals surface area (Å²) in [5.74, 6) is 0. The van der Waals surface area contributed by atoms with Crippen molar-refractivity contribution in [2.45, 2.75) is 19.3 Å². The molecule has 0 atom stereocenters. The molecule has 0 aliphatic heterocycles. The van der Waals surface area contributed by atoms with Gasteiger partial charge in [0.15, 0.2) is 0 Å². The first-order valence-electron chi connectivity index (χ1n) is 2.61. The standard InChI is InChI=1S/C6H11O.Li/c1-2-3-4-5-6-7;/h2H,1,3-6H2;/q-1;+1. The first kappa shape index (κ1) is 11.1. The van der Waals surface area contributed by atoms with Crippen LogP contribution in [0.5, 0.6) is 0 Å². The molecule has 0 aliphatic rings. The number of hydrogen-bond donors (Lipinski definition) is 0. The Kier molecular flexibility index (Phi) is 14.4. The van der Waals surface area contributed by atoms with Gasteiger partial charge in [-0.05, 0) is 6.42 Å². The molecule has 0 aromatic carbocycles. The van der Waals surface area contributed by atoms with Gasteiger partial charge in [0.25, 0.3) is 0 Å². The molecule has 0 radical (unpaired) electrons. The summed E-state index contributed by atoms with van der Waals surface area (Å²) in [4.78, 5) is 0. The summed E-state index contributed by atoms with van der Waals surface area (Å²) in [6, 6.07) is 0. The first-order chi connectivity index (χ1) is 3.41. The van der Waals surface area contributed by atoms with Crippen molar-refractivity contribution >= 4 is 0 Å². The predicted octanol–water partition coefficient (Wildman–Crippen LogP) is -2.29.